The second kappa shape index (κ2) is 4.47. The molecule has 88 valence electrons. The molecule has 0 fully saturated rings. The molecule has 3 rings (SSSR count). The summed E-state index contributed by atoms with van der Waals surface area (Å²) in [5.74, 6) is 0.689. The van der Waals surface area contributed by atoms with Gasteiger partial charge in [-0.1, -0.05) is 24.3 Å². The molecule has 2 heterocycles. The average Bonchev–Trinajstić information content (AvgIpc) is 2.75. The van der Waals surface area contributed by atoms with Gasteiger partial charge in [-0.3, -0.25) is 4.90 Å². The number of benzene rings is 1. The Morgan fingerprint density at radius 2 is 2.12 bits per heavy atom. The van der Waals surface area contributed by atoms with E-state index >= 15 is 0 Å². The van der Waals surface area contributed by atoms with Crippen molar-refractivity contribution < 1.29 is 0 Å². The van der Waals surface area contributed by atoms with E-state index in [1.165, 1.54) is 16.0 Å². The zero-order valence-electron chi connectivity index (χ0n) is 9.60. The first-order valence-electron chi connectivity index (χ1n) is 5.80. The molecule has 0 saturated carbocycles. The van der Waals surface area contributed by atoms with E-state index in [4.69, 9.17) is 5.73 Å². The Balaban J connectivity index is 1.74. The molecule has 0 saturated heterocycles. The van der Waals surface area contributed by atoms with Crippen LogP contribution in [0.15, 0.2) is 29.8 Å². The van der Waals surface area contributed by atoms with E-state index in [1.54, 1.807) is 11.3 Å². The van der Waals surface area contributed by atoms with Crippen LogP contribution in [0.25, 0.3) is 0 Å². The summed E-state index contributed by atoms with van der Waals surface area (Å²) in [5, 5.41) is 0. The van der Waals surface area contributed by atoms with Gasteiger partial charge in [-0.2, -0.15) is 0 Å². The number of hydrogen-bond donors (Lipinski definition) is 1. The standard InChI is InChI=1S/C13H15N3S/c14-13-12(17-9-15-13)8-16-6-5-10-3-1-2-4-11(10)7-16/h1-4,9H,5-8,14H2. The third kappa shape index (κ3) is 2.18. The van der Waals surface area contributed by atoms with E-state index in [2.05, 4.69) is 34.1 Å². The summed E-state index contributed by atoms with van der Waals surface area (Å²) in [4.78, 5) is 7.72. The highest BCUT2D eigenvalue weighted by Crippen LogP contribution is 2.23. The van der Waals surface area contributed by atoms with E-state index in [9.17, 15) is 0 Å². The number of anilines is 1. The zero-order valence-corrected chi connectivity index (χ0v) is 10.4. The molecule has 2 aromatic rings. The van der Waals surface area contributed by atoms with Gasteiger partial charge >= 0.3 is 0 Å². The number of nitrogens with zero attached hydrogens (tertiary/aromatic N) is 2. The Morgan fingerprint density at radius 1 is 1.29 bits per heavy atom. The summed E-state index contributed by atoms with van der Waals surface area (Å²) in [7, 11) is 0. The minimum absolute atomic E-state index is 0.689. The van der Waals surface area contributed by atoms with E-state index < -0.39 is 0 Å². The van der Waals surface area contributed by atoms with Gasteiger partial charge in [0.2, 0.25) is 0 Å². The Morgan fingerprint density at radius 3 is 2.88 bits per heavy atom. The first kappa shape index (κ1) is 10.7. The van der Waals surface area contributed by atoms with Gasteiger partial charge in [-0.05, 0) is 17.5 Å². The Kier molecular flexibility index (Phi) is 2.82. The lowest BCUT2D eigenvalue weighted by Gasteiger charge is -2.28. The van der Waals surface area contributed by atoms with Crippen molar-refractivity contribution in [3.63, 3.8) is 0 Å². The highest BCUT2D eigenvalue weighted by molar-refractivity contribution is 7.10. The summed E-state index contributed by atoms with van der Waals surface area (Å²) in [6, 6.07) is 8.68. The van der Waals surface area contributed by atoms with E-state index in [0.717, 1.165) is 26.1 Å². The Bertz CT molecular complexity index is 521. The van der Waals surface area contributed by atoms with Crippen LogP contribution in [0, 0.1) is 0 Å². The normalized spacial score (nSPS) is 15.8. The lowest BCUT2D eigenvalue weighted by atomic mass is 10.00. The fourth-order valence-corrected chi connectivity index (χ4v) is 3.01. The highest BCUT2D eigenvalue weighted by Gasteiger charge is 2.17. The largest absolute Gasteiger partial charge is 0.383 e. The van der Waals surface area contributed by atoms with Gasteiger partial charge in [0.25, 0.3) is 0 Å². The molecule has 0 bridgehead atoms. The van der Waals surface area contributed by atoms with Crippen molar-refractivity contribution in [1.29, 1.82) is 0 Å². The maximum absolute atomic E-state index is 5.82. The second-order valence-electron chi connectivity index (χ2n) is 4.39. The molecule has 3 nitrogen and oxygen atoms in total. The predicted molar refractivity (Wildman–Crippen MR) is 70.8 cm³/mol. The molecular formula is C13H15N3S. The summed E-state index contributed by atoms with van der Waals surface area (Å²) >= 11 is 1.65. The minimum Gasteiger partial charge on any atom is -0.383 e. The van der Waals surface area contributed by atoms with Crippen molar-refractivity contribution in [2.45, 2.75) is 19.5 Å². The molecule has 1 aliphatic rings. The monoisotopic (exact) mass is 245 g/mol. The lowest BCUT2D eigenvalue weighted by molar-refractivity contribution is 0.248. The van der Waals surface area contributed by atoms with Crippen LogP contribution in [0.2, 0.25) is 0 Å². The van der Waals surface area contributed by atoms with Crippen molar-refractivity contribution in [3.8, 4) is 0 Å². The summed E-state index contributed by atoms with van der Waals surface area (Å²) in [6.45, 7) is 3.05. The number of nitrogen functional groups attached to an aromatic ring is 1. The molecule has 1 aromatic carbocycles. The summed E-state index contributed by atoms with van der Waals surface area (Å²) in [6.07, 6.45) is 1.13. The van der Waals surface area contributed by atoms with Crippen LogP contribution < -0.4 is 5.73 Å². The van der Waals surface area contributed by atoms with Crippen LogP contribution in [-0.2, 0) is 19.5 Å². The van der Waals surface area contributed by atoms with Crippen LogP contribution in [0.3, 0.4) is 0 Å². The summed E-state index contributed by atoms with van der Waals surface area (Å²) < 4.78 is 0. The molecule has 4 heteroatoms. The van der Waals surface area contributed by atoms with Crippen molar-refractivity contribution >= 4 is 17.2 Å². The fourth-order valence-electron chi connectivity index (χ4n) is 2.29. The van der Waals surface area contributed by atoms with Crippen molar-refractivity contribution in [3.05, 3.63) is 45.8 Å². The number of thiazole rings is 1. The number of nitrogens with two attached hydrogens (primary N) is 1. The first-order chi connectivity index (χ1) is 8.33. The quantitative estimate of drug-likeness (QED) is 0.882. The average molecular weight is 245 g/mol. The molecule has 0 atom stereocenters. The number of fused-ring (bicyclic) bond motifs is 1. The molecule has 2 N–H and O–H groups in total. The maximum Gasteiger partial charge on any atom is 0.138 e. The molecule has 0 unspecified atom stereocenters. The molecular weight excluding hydrogens is 230 g/mol. The molecule has 1 aromatic heterocycles. The van der Waals surface area contributed by atoms with Crippen LogP contribution in [0.1, 0.15) is 16.0 Å². The Hall–Kier alpha value is -1.39. The topological polar surface area (TPSA) is 42.1 Å². The van der Waals surface area contributed by atoms with Gasteiger partial charge in [-0.25, -0.2) is 4.98 Å². The summed E-state index contributed by atoms with van der Waals surface area (Å²) in [5.41, 5.74) is 10.6. The maximum atomic E-state index is 5.82. The van der Waals surface area contributed by atoms with Gasteiger partial charge in [0, 0.05) is 19.6 Å². The fraction of sp³-hybridized carbons (Fsp3) is 0.308. The van der Waals surface area contributed by atoms with Crippen LogP contribution >= 0.6 is 11.3 Å². The van der Waals surface area contributed by atoms with Crippen molar-refractivity contribution in [2.75, 3.05) is 12.3 Å². The number of hydrogen-bond acceptors (Lipinski definition) is 4. The van der Waals surface area contributed by atoms with E-state index in [0.29, 0.717) is 5.82 Å². The molecule has 0 spiro atoms. The number of aromatic nitrogens is 1. The third-order valence-electron chi connectivity index (χ3n) is 3.25. The third-order valence-corrected chi connectivity index (χ3v) is 4.08. The van der Waals surface area contributed by atoms with Crippen molar-refractivity contribution in [2.24, 2.45) is 0 Å². The highest BCUT2D eigenvalue weighted by atomic mass is 32.1. The minimum atomic E-state index is 0.689. The van der Waals surface area contributed by atoms with E-state index in [-0.39, 0.29) is 0 Å². The van der Waals surface area contributed by atoms with Crippen LogP contribution in [-0.4, -0.2) is 16.4 Å². The van der Waals surface area contributed by atoms with Gasteiger partial charge in [0.15, 0.2) is 0 Å². The molecule has 0 radical (unpaired) electrons. The lowest BCUT2D eigenvalue weighted by Crippen LogP contribution is -2.29. The predicted octanol–water partition coefficient (Wildman–Crippen LogP) is 2.28. The molecule has 17 heavy (non-hydrogen) atoms. The smallest absolute Gasteiger partial charge is 0.138 e. The van der Waals surface area contributed by atoms with Gasteiger partial charge in [0.1, 0.15) is 5.82 Å². The van der Waals surface area contributed by atoms with Gasteiger partial charge in [-0.15, -0.1) is 11.3 Å². The van der Waals surface area contributed by atoms with Gasteiger partial charge in [0.05, 0.1) is 10.4 Å². The van der Waals surface area contributed by atoms with E-state index in [1.807, 2.05) is 5.51 Å². The second-order valence-corrected chi connectivity index (χ2v) is 5.33. The van der Waals surface area contributed by atoms with Crippen LogP contribution in [0.5, 0.6) is 0 Å². The molecule has 0 amide bonds. The number of rotatable bonds is 2. The SMILES string of the molecule is Nc1ncsc1CN1CCc2ccccc2C1. The molecule has 1 aliphatic heterocycles. The zero-order chi connectivity index (χ0) is 11.7. The Labute approximate surface area is 105 Å². The first-order valence-corrected chi connectivity index (χ1v) is 6.68. The molecule has 0 aliphatic carbocycles. The van der Waals surface area contributed by atoms with Crippen LogP contribution in [0.4, 0.5) is 5.82 Å². The van der Waals surface area contributed by atoms with Crippen molar-refractivity contribution in [1.82, 2.24) is 9.88 Å². The van der Waals surface area contributed by atoms with Gasteiger partial charge < -0.3 is 5.73 Å².